The topological polar surface area (TPSA) is 52.6 Å². The molecular formula is C17H36N2O2. The van der Waals surface area contributed by atoms with Gasteiger partial charge in [0.2, 0.25) is 0 Å². The molecule has 4 nitrogen and oxygen atoms in total. The molecule has 0 spiro atoms. The summed E-state index contributed by atoms with van der Waals surface area (Å²) in [5, 5.41) is 12.7. The lowest BCUT2D eigenvalue weighted by molar-refractivity contribution is -0.145. The van der Waals surface area contributed by atoms with Crippen molar-refractivity contribution in [3.63, 3.8) is 0 Å². The van der Waals surface area contributed by atoms with Gasteiger partial charge in [0.1, 0.15) is 5.54 Å². The second-order valence-corrected chi connectivity index (χ2v) is 6.78. The molecule has 0 aromatic heterocycles. The minimum Gasteiger partial charge on any atom is -0.480 e. The Hall–Kier alpha value is -0.610. The summed E-state index contributed by atoms with van der Waals surface area (Å²) in [4.78, 5) is 14.1. The van der Waals surface area contributed by atoms with Gasteiger partial charge in [0.25, 0.3) is 0 Å². The highest BCUT2D eigenvalue weighted by Crippen LogP contribution is 2.22. The van der Waals surface area contributed by atoms with Gasteiger partial charge in [-0.2, -0.15) is 0 Å². The van der Waals surface area contributed by atoms with Crippen molar-refractivity contribution in [3.05, 3.63) is 0 Å². The van der Waals surface area contributed by atoms with Crippen molar-refractivity contribution in [1.29, 1.82) is 0 Å². The predicted octanol–water partition coefficient (Wildman–Crippen LogP) is 3.36. The minimum atomic E-state index is -0.852. The number of rotatable bonds is 11. The second kappa shape index (κ2) is 9.42. The molecule has 21 heavy (non-hydrogen) atoms. The fourth-order valence-corrected chi connectivity index (χ4v) is 3.20. The summed E-state index contributed by atoms with van der Waals surface area (Å²) >= 11 is 0. The van der Waals surface area contributed by atoms with Gasteiger partial charge in [-0.05, 0) is 45.6 Å². The number of aliphatic carboxylic acids is 1. The van der Waals surface area contributed by atoms with E-state index in [4.69, 9.17) is 0 Å². The van der Waals surface area contributed by atoms with E-state index >= 15 is 0 Å². The van der Waals surface area contributed by atoms with Crippen molar-refractivity contribution >= 4 is 5.97 Å². The first-order valence-electron chi connectivity index (χ1n) is 8.45. The first-order chi connectivity index (χ1) is 9.71. The Labute approximate surface area is 131 Å². The number of carbonyl (C=O) groups is 1. The standard InChI is InChI=1S/C17H36N2O2/c1-8-15(9-2)19(12-13(4)5)14(6)11-17(7,16(20)21)18-10-3/h13-15,18H,8-12H2,1-7H3,(H,20,21). The van der Waals surface area contributed by atoms with Crippen LogP contribution in [0.4, 0.5) is 0 Å². The molecule has 0 aliphatic carbocycles. The molecule has 0 radical (unpaired) electrons. The molecule has 0 aliphatic rings. The van der Waals surface area contributed by atoms with Crippen molar-refractivity contribution < 1.29 is 9.90 Å². The molecule has 0 rings (SSSR count). The largest absolute Gasteiger partial charge is 0.480 e. The van der Waals surface area contributed by atoms with Crippen LogP contribution in [0.25, 0.3) is 0 Å². The van der Waals surface area contributed by atoms with Crippen LogP contribution in [0.2, 0.25) is 0 Å². The number of carboxylic acid groups (broad SMARTS) is 1. The van der Waals surface area contributed by atoms with Crippen LogP contribution in [0.1, 0.15) is 67.7 Å². The summed E-state index contributed by atoms with van der Waals surface area (Å²) in [6.45, 7) is 16.5. The van der Waals surface area contributed by atoms with E-state index < -0.39 is 11.5 Å². The van der Waals surface area contributed by atoms with Crippen LogP contribution in [-0.4, -0.2) is 46.7 Å². The maximum absolute atomic E-state index is 11.6. The normalized spacial score (nSPS) is 16.5. The molecule has 0 saturated carbocycles. The van der Waals surface area contributed by atoms with E-state index in [1.54, 1.807) is 6.92 Å². The van der Waals surface area contributed by atoms with Crippen LogP contribution in [0.3, 0.4) is 0 Å². The Morgan fingerprint density at radius 1 is 1.19 bits per heavy atom. The monoisotopic (exact) mass is 300 g/mol. The maximum atomic E-state index is 11.6. The Morgan fingerprint density at radius 2 is 1.71 bits per heavy atom. The van der Waals surface area contributed by atoms with E-state index in [-0.39, 0.29) is 6.04 Å². The van der Waals surface area contributed by atoms with E-state index in [1.165, 1.54) is 0 Å². The molecule has 0 saturated heterocycles. The van der Waals surface area contributed by atoms with Crippen molar-refractivity contribution in [3.8, 4) is 0 Å². The Morgan fingerprint density at radius 3 is 2.05 bits per heavy atom. The summed E-state index contributed by atoms with van der Waals surface area (Å²) in [6, 6.07) is 0.777. The van der Waals surface area contributed by atoms with Crippen molar-refractivity contribution in [2.24, 2.45) is 5.92 Å². The smallest absolute Gasteiger partial charge is 0.323 e. The highest BCUT2D eigenvalue weighted by molar-refractivity contribution is 5.78. The van der Waals surface area contributed by atoms with E-state index in [0.29, 0.717) is 24.9 Å². The molecule has 0 amide bonds. The lowest BCUT2D eigenvalue weighted by Gasteiger charge is -2.40. The summed E-state index contributed by atoms with van der Waals surface area (Å²) in [5.41, 5.74) is -0.852. The average molecular weight is 300 g/mol. The number of nitrogens with one attached hydrogen (secondary N) is 1. The zero-order valence-electron chi connectivity index (χ0n) is 15.1. The molecule has 0 bridgehead atoms. The van der Waals surface area contributed by atoms with Crippen LogP contribution >= 0.6 is 0 Å². The zero-order valence-corrected chi connectivity index (χ0v) is 15.1. The molecule has 0 fully saturated rings. The minimum absolute atomic E-state index is 0.248. The lowest BCUT2D eigenvalue weighted by Crippen LogP contribution is -2.55. The summed E-state index contributed by atoms with van der Waals surface area (Å²) in [6.07, 6.45) is 2.84. The molecule has 2 atom stereocenters. The molecule has 126 valence electrons. The Bertz CT molecular complexity index is 303. The molecular weight excluding hydrogens is 264 g/mol. The number of hydrogen-bond donors (Lipinski definition) is 2. The van der Waals surface area contributed by atoms with Gasteiger partial charge in [0.05, 0.1) is 0 Å². The van der Waals surface area contributed by atoms with Gasteiger partial charge in [0.15, 0.2) is 0 Å². The molecule has 0 aliphatic heterocycles. The Kier molecular flexibility index (Phi) is 9.14. The average Bonchev–Trinajstić information content (AvgIpc) is 2.38. The first-order valence-corrected chi connectivity index (χ1v) is 8.45. The summed E-state index contributed by atoms with van der Waals surface area (Å²) in [7, 11) is 0. The van der Waals surface area contributed by atoms with Crippen molar-refractivity contribution in [2.45, 2.75) is 85.4 Å². The van der Waals surface area contributed by atoms with Crippen LogP contribution in [0, 0.1) is 5.92 Å². The molecule has 0 aromatic rings. The fraction of sp³-hybridized carbons (Fsp3) is 0.941. The molecule has 2 N–H and O–H groups in total. The van der Waals surface area contributed by atoms with E-state index in [0.717, 1.165) is 19.4 Å². The zero-order chi connectivity index (χ0) is 16.6. The highest BCUT2D eigenvalue weighted by atomic mass is 16.4. The SMILES string of the molecule is CCNC(C)(CC(C)N(CC(C)C)C(CC)CC)C(=O)O. The van der Waals surface area contributed by atoms with Gasteiger partial charge in [-0.25, -0.2) is 0 Å². The number of nitrogens with zero attached hydrogens (tertiary/aromatic N) is 1. The second-order valence-electron chi connectivity index (χ2n) is 6.78. The highest BCUT2D eigenvalue weighted by Gasteiger charge is 2.36. The van der Waals surface area contributed by atoms with Crippen LogP contribution in [0.15, 0.2) is 0 Å². The number of hydrogen-bond acceptors (Lipinski definition) is 3. The van der Waals surface area contributed by atoms with Gasteiger partial charge in [-0.15, -0.1) is 0 Å². The lowest BCUT2D eigenvalue weighted by atomic mass is 9.91. The predicted molar refractivity (Wildman–Crippen MR) is 89.7 cm³/mol. The summed E-state index contributed by atoms with van der Waals surface area (Å²) < 4.78 is 0. The van der Waals surface area contributed by atoms with E-state index in [9.17, 15) is 9.90 Å². The van der Waals surface area contributed by atoms with Crippen molar-refractivity contribution in [1.82, 2.24) is 10.2 Å². The molecule has 4 heteroatoms. The van der Waals surface area contributed by atoms with Gasteiger partial charge < -0.3 is 10.4 Å². The number of carboxylic acids is 1. The molecule has 2 unspecified atom stereocenters. The molecule has 0 heterocycles. The van der Waals surface area contributed by atoms with Gasteiger partial charge in [-0.1, -0.05) is 34.6 Å². The van der Waals surface area contributed by atoms with Crippen LogP contribution < -0.4 is 5.32 Å². The summed E-state index contributed by atoms with van der Waals surface area (Å²) in [5.74, 6) is -0.173. The van der Waals surface area contributed by atoms with Gasteiger partial charge in [0, 0.05) is 18.6 Å². The van der Waals surface area contributed by atoms with Gasteiger partial charge in [-0.3, -0.25) is 9.69 Å². The molecule has 0 aromatic carbocycles. The Balaban J connectivity index is 5.09. The van der Waals surface area contributed by atoms with Crippen LogP contribution in [0.5, 0.6) is 0 Å². The quantitative estimate of drug-likeness (QED) is 0.614. The van der Waals surface area contributed by atoms with E-state index in [1.807, 2.05) is 6.92 Å². The number of likely N-dealkylation sites (N-methyl/N-ethyl adjacent to an activating group) is 1. The maximum Gasteiger partial charge on any atom is 0.323 e. The fourth-order valence-electron chi connectivity index (χ4n) is 3.20. The third kappa shape index (κ3) is 6.35. The third-order valence-electron chi connectivity index (χ3n) is 4.30. The van der Waals surface area contributed by atoms with Crippen LogP contribution in [-0.2, 0) is 4.79 Å². The first kappa shape index (κ1) is 20.4. The van der Waals surface area contributed by atoms with Crippen molar-refractivity contribution in [2.75, 3.05) is 13.1 Å². The third-order valence-corrected chi connectivity index (χ3v) is 4.30. The van der Waals surface area contributed by atoms with E-state index in [2.05, 4.69) is 44.8 Å². The van der Waals surface area contributed by atoms with Gasteiger partial charge >= 0.3 is 5.97 Å².